The van der Waals surface area contributed by atoms with Crippen LogP contribution in [0.3, 0.4) is 0 Å². The molecule has 5 heteroatoms. The maximum absolute atomic E-state index is 12.4. The van der Waals surface area contributed by atoms with E-state index in [1.54, 1.807) is 12.1 Å². The molecule has 0 saturated carbocycles. The van der Waals surface area contributed by atoms with Crippen molar-refractivity contribution in [2.75, 3.05) is 11.1 Å². The average Bonchev–Trinajstić information content (AvgIpc) is 2.80. The number of H-pyrrole nitrogens is 1. The summed E-state index contributed by atoms with van der Waals surface area (Å²) in [4.78, 5) is 12.4. The van der Waals surface area contributed by atoms with Gasteiger partial charge in [0.05, 0.1) is 5.52 Å². The number of carbonyl (C=O) groups excluding carboxylic acids is 1. The number of hydrogen-bond donors (Lipinski definition) is 3. The summed E-state index contributed by atoms with van der Waals surface area (Å²) in [7, 11) is 0. The van der Waals surface area contributed by atoms with E-state index in [1.165, 1.54) is 0 Å². The first kappa shape index (κ1) is 13.2. The molecule has 3 rings (SSSR count). The van der Waals surface area contributed by atoms with Crippen LogP contribution in [0, 0.1) is 13.8 Å². The summed E-state index contributed by atoms with van der Waals surface area (Å²) in [5.41, 5.74) is 10.5. The predicted molar refractivity (Wildman–Crippen MR) is 84.4 cm³/mol. The highest BCUT2D eigenvalue weighted by molar-refractivity contribution is 6.11. The number of benzene rings is 2. The van der Waals surface area contributed by atoms with Crippen molar-refractivity contribution < 1.29 is 4.79 Å². The fourth-order valence-electron chi connectivity index (χ4n) is 2.44. The van der Waals surface area contributed by atoms with Gasteiger partial charge in [-0.25, -0.2) is 0 Å². The molecule has 21 heavy (non-hydrogen) atoms. The molecule has 0 unspecified atom stereocenters. The highest BCUT2D eigenvalue weighted by atomic mass is 16.1. The average molecular weight is 280 g/mol. The molecule has 0 atom stereocenters. The van der Waals surface area contributed by atoms with Gasteiger partial charge in [0.25, 0.3) is 5.91 Å². The molecule has 0 aliphatic heterocycles. The minimum Gasteiger partial charge on any atom is -0.399 e. The Morgan fingerprint density at radius 1 is 1.14 bits per heavy atom. The Hall–Kier alpha value is -2.82. The van der Waals surface area contributed by atoms with E-state index < -0.39 is 0 Å². The number of nitrogens with one attached hydrogen (secondary N) is 2. The van der Waals surface area contributed by atoms with Crippen LogP contribution in [0.25, 0.3) is 10.9 Å². The van der Waals surface area contributed by atoms with Crippen molar-refractivity contribution >= 4 is 28.2 Å². The molecule has 0 bridgehead atoms. The Morgan fingerprint density at radius 3 is 2.57 bits per heavy atom. The molecule has 0 fully saturated rings. The summed E-state index contributed by atoms with van der Waals surface area (Å²) in [5.74, 6) is -0.253. The Balaban J connectivity index is 1.95. The third kappa shape index (κ3) is 2.58. The number of nitrogen functional groups attached to an aromatic ring is 1. The van der Waals surface area contributed by atoms with E-state index in [2.05, 4.69) is 21.6 Å². The van der Waals surface area contributed by atoms with Crippen molar-refractivity contribution in [2.45, 2.75) is 13.8 Å². The van der Waals surface area contributed by atoms with Crippen LogP contribution in [-0.4, -0.2) is 16.1 Å². The summed E-state index contributed by atoms with van der Waals surface area (Å²) in [6, 6.07) is 11.2. The number of amides is 1. The summed E-state index contributed by atoms with van der Waals surface area (Å²) < 4.78 is 0. The fraction of sp³-hybridized carbons (Fsp3) is 0.125. The van der Waals surface area contributed by atoms with Gasteiger partial charge >= 0.3 is 0 Å². The lowest BCUT2D eigenvalue weighted by atomic mass is 10.1. The molecule has 1 aromatic heterocycles. The van der Waals surface area contributed by atoms with E-state index in [1.807, 2.05) is 32.0 Å². The summed E-state index contributed by atoms with van der Waals surface area (Å²) in [5, 5.41) is 10.5. The first-order chi connectivity index (χ1) is 10.0. The van der Waals surface area contributed by atoms with E-state index in [9.17, 15) is 4.79 Å². The second-order valence-electron chi connectivity index (χ2n) is 5.21. The third-order valence-corrected chi connectivity index (χ3v) is 3.28. The minimum absolute atomic E-state index is 0.253. The van der Waals surface area contributed by atoms with Crippen molar-refractivity contribution in [2.24, 2.45) is 0 Å². The highest BCUT2D eigenvalue weighted by Crippen LogP contribution is 2.21. The predicted octanol–water partition coefficient (Wildman–Crippen LogP) is 3.01. The lowest BCUT2D eigenvalue weighted by Gasteiger charge is -2.06. The van der Waals surface area contributed by atoms with Crippen LogP contribution in [0.15, 0.2) is 36.4 Å². The van der Waals surface area contributed by atoms with Crippen molar-refractivity contribution in [3.05, 3.63) is 53.2 Å². The number of fused-ring (bicyclic) bond motifs is 1. The fourth-order valence-corrected chi connectivity index (χ4v) is 2.44. The quantitative estimate of drug-likeness (QED) is 0.631. The van der Waals surface area contributed by atoms with Gasteiger partial charge in [0.2, 0.25) is 0 Å². The first-order valence-corrected chi connectivity index (χ1v) is 6.66. The number of carbonyl (C=O) groups is 1. The van der Waals surface area contributed by atoms with E-state index in [0.29, 0.717) is 11.4 Å². The zero-order valence-corrected chi connectivity index (χ0v) is 11.9. The normalized spacial score (nSPS) is 10.8. The van der Waals surface area contributed by atoms with Gasteiger partial charge in [0.15, 0.2) is 5.69 Å². The van der Waals surface area contributed by atoms with Crippen LogP contribution >= 0.6 is 0 Å². The van der Waals surface area contributed by atoms with Crippen LogP contribution in [0.5, 0.6) is 0 Å². The molecule has 0 saturated heterocycles. The molecule has 106 valence electrons. The molecule has 4 N–H and O–H groups in total. The van der Waals surface area contributed by atoms with Gasteiger partial charge in [-0.15, -0.1) is 0 Å². The number of anilines is 2. The number of nitrogens with zero attached hydrogens (tertiary/aromatic N) is 1. The number of aryl methyl sites for hydroxylation is 2. The van der Waals surface area contributed by atoms with Gasteiger partial charge in [-0.2, -0.15) is 5.10 Å². The number of hydrogen-bond acceptors (Lipinski definition) is 3. The van der Waals surface area contributed by atoms with Crippen LogP contribution in [0.4, 0.5) is 11.4 Å². The van der Waals surface area contributed by atoms with Crippen molar-refractivity contribution in [3.8, 4) is 0 Å². The molecule has 0 aliphatic rings. The molecule has 3 aromatic rings. The smallest absolute Gasteiger partial charge is 0.276 e. The van der Waals surface area contributed by atoms with Gasteiger partial charge in [-0.05, 0) is 55.3 Å². The Labute approximate surface area is 122 Å². The van der Waals surface area contributed by atoms with Crippen LogP contribution < -0.4 is 11.1 Å². The van der Waals surface area contributed by atoms with Crippen molar-refractivity contribution in [1.82, 2.24) is 10.2 Å². The lowest BCUT2D eigenvalue weighted by molar-refractivity contribution is 0.102. The zero-order chi connectivity index (χ0) is 15.0. The molecule has 1 amide bonds. The van der Waals surface area contributed by atoms with E-state index in [-0.39, 0.29) is 5.91 Å². The van der Waals surface area contributed by atoms with Crippen LogP contribution in [-0.2, 0) is 0 Å². The van der Waals surface area contributed by atoms with E-state index in [0.717, 1.165) is 27.7 Å². The van der Waals surface area contributed by atoms with Gasteiger partial charge in [-0.3, -0.25) is 9.89 Å². The van der Waals surface area contributed by atoms with Gasteiger partial charge in [0, 0.05) is 16.8 Å². The molecule has 5 nitrogen and oxygen atoms in total. The van der Waals surface area contributed by atoms with Crippen LogP contribution in [0.2, 0.25) is 0 Å². The SMILES string of the molecule is Cc1cc(C)cc(NC(=O)c2n[nH]c3ccc(N)cc23)c1. The lowest BCUT2D eigenvalue weighted by Crippen LogP contribution is -2.13. The zero-order valence-electron chi connectivity index (χ0n) is 11.9. The van der Waals surface area contributed by atoms with Gasteiger partial charge < -0.3 is 11.1 Å². The summed E-state index contributed by atoms with van der Waals surface area (Å²) >= 11 is 0. The molecule has 0 radical (unpaired) electrons. The maximum atomic E-state index is 12.4. The number of rotatable bonds is 2. The number of aromatic amines is 1. The van der Waals surface area contributed by atoms with Crippen LogP contribution in [0.1, 0.15) is 21.6 Å². The standard InChI is InChI=1S/C16H16N4O/c1-9-5-10(2)7-12(6-9)18-16(21)15-13-8-11(17)3-4-14(13)19-20-15/h3-8H,17H2,1-2H3,(H,18,21)(H,19,20). The summed E-state index contributed by atoms with van der Waals surface area (Å²) in [6.07, 6.45) is 0. The Kier molecular flexibility index (Phi) is 3.10. The maximum Gasteiger partial charge on any atom is 0.276 e. The molecule has 0 aliphatic carbocycles. The van der Waals surface area contributed by atoms with Crippen molar-refractivity contribution in [1.29, 1.82) is 0 Å². The molecule has 2 aromatic carbocycles. The summed E-state index contributed by atoms with van der Waals surface area (Å²) in [6.45, 7) is 3.99. The largest absolute Gasteiger partial charge is 0.399 e. The van der Waals surface area contributed by atoms with Crippen molar-refractivity contribution in [3.63, 3.8) is 0 Å². The first-order valence-electron chi connectivity index (χ1n) is 6.66. The van der Waals surface area contributed by atoms with E-state index >= 15 is 0 Å². The molecule has 1 heterocycles. The molecule has 0 spiro atoms. The molecular weight excluding hydrogens is 264 g/mol. The van der Waals surface area contributed by atoms with E-state index in [4.69, 9.17) is 5.73 Å². The van der Waals surface area contributed by atoms with Gasteiger partial charge in [0.1, 0.15) is 0 Å². The monoisotopic (exact) mass is 280 g/mol. The highest BCUT2D eigenvalue weighted by Gasteiger charge is 2.14. The Morgan fingerprint density at radius 2 is 1.86 bits per heavy atom. The third-order valence-electron chi connectivity index (χ3n) is 3.28. The number of nitrogens with two attached hydrogens (primary N) is 1. The second-order valence-corrected chi connectivity index (χ2v) is 5.21. The van der Waals surface area contributed by atoms with Gasteiger partial charge in [-0.1, -0.05) is 6.07 Å². The minimum atomic E-state index is -0.253. The Bertz CT molecular complexity index is 815. The topological polar surface area (TPSA) is 83.8 Å². The molecular formula is C16H16N4O. The second kappa shape index (κ2) is 4.94. The number of aromatic nitrogens is 2.